The number of ether oxygens (including phenoxy) is 1. The topological polar surface area (TPSA) is 35.0 Å². The quantitative estimate of drug-likeness (QED) is 0.306. The lowest BCUT2D eigenvalue weighted by Crippen LogP contribution is -2.15. The highest BCUT2D eigenvalue weighted by Crippen LogP contribution is 2.34. The van der Waals surface area contributed by atoms with E-state index in [4.69, 9.17) is 4.74 Å². The molecule has 0 spiro atoms. The van der Waals surface area contributed by atoms with Crippen molar-refractivity contribution < 1.29 is 4.74 Å². The van der Waals surface area contributed by atoms with E-state index < -0.39 is 0 Å². The van der Waals surface area contributed by atoms with Crippen molar-refractivity contribution in [2.45, 2.75) is 97.3 Å². The average molecular weight is 423 g/mol. The smallest absolute Gasteiger partial charge is 0.233 e. The van der Waals surface area contributed by atoms with Crippen LogP contribution in [-0.4, -0.2) is 16.8 Å². The second-order valence-corrected chi connectivity index (χ2v) is 9.43. The molecule has 0 radical (unpaired) electrons. The van der Waals surface area contributed by atoms with Gasteiger partial charge in [0.25, 0.3) is 0 Å². The molecule has 0 N–H and O–H groups in total. The average Bonchev–Trinajstić information content (AvgIpc) is 2.82. The molecule has 0 saturated heterocycles. The first-order chi connectivity index (χ1) is 15.3. The predicted octanol–water partition coefficient (Wildman–Crippen LogP) is 8.03. The highest BCUT2D eigenvalue weighted by atomic mass is 16.5. The number of aromatic nitrogens is 2. The van der Waals surface area contributed by atoms with Crippen LogP contribution in [0.1, 0.15) is 96.5 Å². The van der Waals surface area contributed by atoms with Crippen LogP contribution in [0.3, 0.4) is 0 Å². The molecule has 1 aliphatic rings. The van der Waals surface area contributed by atoms with Gasteiger partial charge >= 0.3 is 0 Å². The van der Waals surface area contributed by atoms with Crippen molar-refractivity contribution in [1.82, 2.24) is 10.2 Å². The summed E-state index contributed by atoms with van der Waals surface area (Å²) < 4.78 is 5.66. The van der Waals surface area contributed by atoms with Crippen LogP contribution in [0.5, 0.6) is 5.88 Å². The van der Waals surface area contributed by atoms with E-state index in [2.05, 4.69) is 48.3 Å². The number of nitrogens with zero attached hydrogens (tertiary/aromatic N) is 2. The fraction of sp³-hybridized carbons (Fsp3) is 0.643. The van der Waals surface area contributed by atoms with Gasteiger partial charge in [0, 0.05) is 11.6 Å². The van der Waals surface area contributed by atoms with Crippen LogP contribution >= 0.6 is 0 Å². The Hall–Kier alpha value is -1.90. The van der Waals surface area contributed by atoms with Crippen molar-refractivity contribution in [2.75, 3.05) is 6.61 Å². The summed E-state index contributed by atoms with van der Waals surface area (Å²) in [6, 6.07) is 12.8. The lowest BCUT2D eigenvalue weighted by molar-refractivity contribution is 0.249. The van der Waals surface area contributed by atoms with Crippen molar-refractivity contribution >= 4 is 0 Å². The number of aryl methyl sites for hydroxylation is 1. The van der Waals surface area contributed by atoms with Crippen LogP contribution < -0.4 is 4.74 Å². The Labute approximate surface area is 190 Å². The molecular formula is C28H42N2O. The fourth-order valence-electron chi connectivity index (χ4n) is 4.78. The Bertz CT molecular complexity index is 718. The number of benzene rings is 1. The molecule has 1 aromatic heterocycles. The Kier molecular flexibility index (Phi) is 10.3. The molecule has 3 heteroatoms. The third-order valence-corrected chi connectivity index (χ3v) is 6.91. The summed E-state index contributed by atoms with van der Waals surface area (Å²) in [7, 11) is 0. The number of unbranched alkanes of at least 4 members (excludes halogenated alkanes) is 4. The van der Waals surface area contributed by atoms with E-state index in [1.807, 2.05) is 12.1 Å². The molecule has 1 fully saturated rings. The van der Waals surface area contributed by atoms with Crippen molar-refractivity contribution in [3.63, 3.8) is 0 Å². The van der Waals surface area contributed by atoms with E-state index >= 15 is 0 Å². The third kappa shape index (κ3) is 8.27. The minimum absolute atomic E-state index is 0.622. The lowest BCUT2D eigenvalue weighted by atomic mass is 9.78. The highest BCUT2D eigenvalue weighted by Gasteiger charge is 2.20. The predicted molar refractivity (Wildman–Crippen MR) is 130 cm³/mol. The number of hydrogen-bond donors (Lipinski definition) is 0. The Morgan fingerprint density at radius 1 is 0.742 bits per heavy atom. The second kappa shape index (κ2) is 13.5. The van der Waals surface area contributed by atoms with E-state index in [0.717, 1.165) is 36.1 Å². The molecule has 31 heavy (non-hydrogen) atoms. The van der Waals surface area contributed by atoms with Gasteiger partial charge < -0.3 is 4.74 Å². The van der Waals surface area contributed by atoms with Crippen molar-refractivity contribution in [3.8, 4) is 17.1 Å². The van der Waals surface area contributed by atoms with Crippen LogP contribution in [0.2, 0.25) is 0 Å². The first-order valence-electron chi connectivity index (χ1n) is 12.8. The minimum Gasteiger partial charge on any atom is -0.477 e. The molecule has 0 aliphatic heterocycles. The maximum atomic E-state index is 5.66. The summed E-state index contributed by atoms with van der Waals surface area (Å²) in [6.45, 7) is 5.22. The second-order valence-electron chi connectivity index (χ2n) is 9.43. The fourth-order valence-corrected chi connectivity index (χ4v) is 4.78. The van der Waals surface area contributed by atoms with Crippen molar-refractivity contribution in [2.24, 2.45) is 11.8 Å². The van der Waals surface area contributed by atoms with Crippen LogP contribution in [0.4, 0.5) is 0 Å². The molecule has 0 atom stereocenters. The van der Waals surface area contributed by atoms with Crippen LogP contribution in [0, 0.1) is 11.8 Å². The zero-order valence-electron chi connectivity index (χ0n) is 19.8. The molecule has 0 amide bonds. The summed E-state index contributed by atoms with van der Waals surface area (Å²) >= 11 is 0. The van der Waals surface area contributed by atoms with E-state index in [1.165, 1.54) is 82.6 Å². The van der Waals surface area contributed by atoms with Crippen molar-refractivity contribution in [3.05, 3.63) is 42.0 Å². The molecule has 0 bridgehead atoms. The van der Waals surface area contributed by atoms with Gasteiger partial charge in [0.05, 0.1) is 12.3 Å². The van der Waals surface area contributed by atoms with Gasteiger partial charge in [-0.05, 0) is 42.7 Å². The molecule has 3 rings (SSSR count). The van der Waals surface area contributed by atoms with Gasteiger partial charge in [0.1, 0.15) is 0 Å². The van der Waals surface area contributed by atoms with Gasteiger partial charge in [-0.25, -0.2) is 0 Å². The van der Waals surface area contributed by atoms with Gasteiger partial charge in [0.15, 0.2) is 0 Å². The maximum Gasteiger partial charge on any atom is 0.233 e. The minimum atomic E-state index is 0.622. The normalized spacial score (nSPS) is 18.8. The molecule has 1 aromatic carbocycles. The van der Waals surface area contributed by atoms with Crippen molar-refractivity contribution in [1.29, 1.82) is 0 Å². The molecular weight excluding hydrogens is 380 g/mol. The van der Waals surface area contributed by atoms with Gasteiger partial charge in [-0.3, -0.25) is 0 Å². The van der Waals surface area contributed by atoms with E-state index in [9.17, 15) is 0 Å². The zero-order chi connectivity index (χ0) is 21.7. The monoisotopic (exact) mass is 422 g/mol. The number of rotatable bonds is 13. The summed E-state index contributed by atoms with van der Waals surface area (Å²) in [5, 5.41) is 8.59. The van der Waals surface area contributed by atoms with E-state index in [-0.39, 0.29) is 0 Å². The van der Waals surface area contributed by atoms with E-state index in [0.29, 0.717) is 5.88 Å². The zero-order valence-corrected chi connectivity index (χ0v) is 19.8. The van der Waals surface area contributed by atoms with Gasteiger partial charge in [0.2, 0.25) is 5.88 Å². The summed E-state index contributed by atoms with van der Waals surface area (Å²) in [4.78, 5) is 0. The molecule has 1 aliphatic carbocycles. The maximum absolute atomic E-state index is 5.66. The van der Waals surface area contributed by atoms with Gasteiger partial charge in [-0.15, -0.1) is 10.2 Å². The Balaban J connectivity index is 1.39. The summed E-state index contributed by atoms with van der Waals surface area (Å²) in [5.41, 5.74) is 3.48. The molecule has 2 aromatic rings. The SMILES string of the molecule is CCCCCOc1ccc(-c2ccc(CC[C@H]3CC[C@H](CCCCC)CC3)cc2)nn1. The van der Waals surface area contributed by atoms with Gasteiger partial charge in [-0.1, -0.05) is 102 Å². The summed E-state index contributed by atoms with van der Waals surface area (Å²) in [5.74, 6) is 2.56. The molecule has 1 heterocycles. The highest BCUT2D eigenvalue weighted by molar-refractivity contribution is 5.59. The molecule has 170 valence electrons. The Morgan fingerprint density at radius 3 is 2.06 bits per heavy atom. The standard InChI is InChI=1S/C28H42N2O/c1-3-5-7-9-23-10-12-24(13-11-23)14-15-25-16-18-26(19-17-25)27-20-21-28(30-29-27)31-22-8-6-4-2/h16-21,23-24H,3-15,22H2,1-2H3/t23-,24-. The summed E-state index contributed by atoms with van der Waals surface area (Å²) in [6.07, 6.45) is 17.5. The van der Waals surface area contributed by atoms with Crippen LogP contribution in [-0.2, 0) is 6.42 Å². The Morgan fingerprint density at radius 2 is 1.42 bits per heavy atom. The molecule has 3 nitrogen and oxygen atoms in total. The first-order valence-corrected chi connectivity index (χ1v) is 12.8. The lowest BCUT2D eigenvalue weighted by Gasteiger charge is -2.28. The first kappa shape index (κ1) is 23.8. The molecule has 1 saturated carbocycles. The number of hydrogen-bond acceptors (Lipinski definition) is 3. The van der Waals surface area contributed by atoms with Crippen LogP contribution in [0.25, 0.3) is 11.3 Å². The molecule has 0 unspecified atom stereocenters. The third-order valence-electron chi connectivity index (χ3n) is 6.91. The van der Waals surface area contributed by atoms with Crippen LogP contribution in [0.15, 0.2) is 36.4 Å². The van der Waals surface area contributed by atoms with E-state index in [1.54, 1.807) is 0 Å². The largest absolute Gasteiger partial charge is 0.477 e. The van der Waals surface area contributed by atoms with Gasteiger partial charge in [-0.2, -0.15) is 0 Å².